The topological polar surface area (TPSA) is 20.2 Å². The number of rotatable bonds is 3. The zero-order valence-electron chi connectivity index (χ0n) is 11.0. The maximum absolute atomic E-state index is 14.5. The van der Waals surface area contributed by atoms with Crippen LogP contribution >= 0.6 is 11.3 Å². The van der Waals surface area contributed by atoms with Gasteiger partial charge in [0.05, 0.1) is 4.88 Å². The second kappa shape index (κ2) is 5.30. The Kier molecular flexibility index (Phi) is 3.47. The summed E-state index contributed by atoms with van der Waals surface area (Å²) in [5.74, 6) is -3.27. The normalized spacial score (nSPS) is 11.5. The molecule has 0 saturated heterocycles. The van der Waals surface area contributed by atoms with Gasteiger partial charge in [-0.25, -0.2) is 0 Å². The van der Waals surface area contributed by atoms with Gasteiger partial charge >= 0.3 is 5.92 Å². The van der Waals surface area contributed by atoms with Gasteiger partial charge in [0.2, 0.25) is 0 Å². The van der Waals surface area contributed by atoms with E-state index in [-0.39, 0.29) is 16.2 Å². The number of benzene rings is 2. The first-order valence-electron chi connectivity index (χ1n) is 6.40. The monoisotopic (exact) mass is 302 g/mol. The van der Waals surface area contributed by atoms with E-state index in [1.807, 2.05) is 30.3 Å². The average molecular weight is 302 g/mol. The fraction of sp³-hybridized carbons (Fsp3) is 0.0588. The fourth-order valence-corrected chi connectivity index (χ4v) is 3.12. The van der Waals surface area contributed by atoms with Gasteiger partial charge in [-0.1, -0.05) is 42.5 Å². The number of aromatic hydroxyl groups is 1. The summed E-state index contributed by atoms with van der Waals surface area (Å²) in [4.78, 5) is 0.761. The number of alkyl halides is 2. The molecular weight excluding hydrogens is 290 g/mol. The molecule has 4 heteroatoms. The largest absolute Gasteiger partial charge is 0.508 e. The van der Waals surface area contributed by atoms with Crippen molar-refractivity contribution in [2.75, 3.05) is 0 Å². The van der Waals surface area contributed by atoms with Crippen LogP contribution in [0.1, 0.15) is 10.4 Å². The summed E-state index contributed by atoms with van der Waals surface area (Å²) in [7, 11) is 0. The summed E-state index contributed by atoms with van der Waals surface area (Å²) in [5.41, 5.74) is 0.712. The summed E-state index contributed by atoms with van der Waals surface area (Å²) in [5, 5.41) is 9.38. The number of hydrogen-bond acceptors (Lipinski definition) is 2. The van der Waals surface area contributed by atoms with Crippen LogP contribution < -0.4 is 0 Å². The molecule has 0 saturated carbocycles. The van der Waals surface area contributed by atoms with Crippen LogP contribution in [0.5, 0.6) is 5.75 Å². The van der Waals surface area contributed by atoms with Crippen LogP contribution in [0.2, 0.25) is 0 Å². The van der Waals surface area contributed by atoms with Crippen molar-refractivity contribution in [2.45, 2.75) is 5.92 Å². The van der Waals surface area contributed by atoms with Gasteiger partial charge < -0.3 is 5.11 Å². The lowest BCUT2D eigenvalue weighted by molar-refractivity contribution is 0.0467. The van der Waals surface area contributed by atoms with E-state index in [0.717, 1.165) is 27.8 Å². The van der Waals surface area contributed by atoms with Crippen LogP contribution in [0.4, 0.5) is 8.78 Å². The van der Waals surface area contributed by atoms with Crippen molar-refractivity contribution in [1.29, 1.82) is 0 Å². The lowest BCUT2D eigenvalue weighted by atomic mass is 10.1. The Bertz CT molecular complexity index is 750. The molecule has 0 aliphatic carbocycles. The van der Waals surface area contributed by atoms with E-state index in [4.69, 9.17) is 0 Å². The first-order chi connectivity index (χ1) is 10.1. The van der Waals surface area contributed by atoms with Crippen molar-refractivity contribution in [2.24, 2.45) is 0 Å². The lowest BCUT2D eigenvalue weighted by Gasteiger charge is -2.15. The molecule has 106 valence electrons. The van der Waals surface area contributed by atoms with E-state index >= 15 is 0 Å². The first-order valence-corrected chi connectivity index (χ1v) is 7.22. The minimum Gasteiger partial charge on any atom is -0.508 e. The summed E-state index contributed by atoms with van der Waals surface area (Å²) in [6.45, 7) is 0. The molecule has 1 heterocycles. The summed E-state index contributed by atoms with van der Waals surface area (Å²) in [6, 6.07) is 17.8. The quantitative estimate of drug-likeness (QED) is 0.699. The second-order valence-electron chi connectivity index (χ2n) is 4.65. The van der Waals surface area contributed by atoms with Gasteiger partial charge in [-0.05, 0) is 29.8 Å². The van der Waals surface area contributed by atoms with Crippen molar-refractivity contribution < 1.29 is 13.9 Å². The van der Waals surface area contributed by atoms with E-state index in [9.17, 15) is 13.9 Å². The van der Waals surface area contributed by atoms with Crippen LogP contribution in [0.15, 0.2) is 66.7 Å². The van der Waals surface area contributed by atoms with Gasteiger partial charge in [-0.15, -0.1) is 11.3 Å². The maximum atomic E-state index is 14.5. The Morgan fingerprint density at radius 2 is 1.62 bits per heavy atom. The molecule has 3 rings (SSSR count). The van der Waals surface area contributed by atoms with Crippen molar-refractivity contribution in [3.8, 4) is 16.2 Å². The maximum Gasteiger partial charge on any atom is 0.307 e. The number of phenolic OH excluding ortho intramolecular Hbond substituents is 1. The molecule has 0 amide bonds. The molecule has 3 aromatic rings. The highest BCUT2D eigenvalue weighted by Gasteiger charge is 2.35. The summed E-state index contributed by atoms with van der Waals surface area (Å²) >= 11 is 1.06. The smallest absolute Gasteiger partial charge is 0.307 e. The van der Waals surface area contributed by atoms with E-state index < -0.39 is 5.92 Å². The molecule has 0 aliphatic heterocycles. The average Bonchev–Trinajstić information content (AvgIpc) is 2.99. The minimum atomic E-state index is -3.11. The Labute approximate surface area is 125 Å². The molecule has 1 nitrogen and oxygen atoms in total. The molecule has 0 spiro atoms. The highest BCUT2D eigenvalue weighted by molar-refractivity contribution is 7.15. The van der Waals surface area contributed by atoms with Gasteiger partial charge in [0.15, 0.2) is 0 Å². The van der Waals surface area contributed by atoms with Crippen LogP contribution in [0, 0.1) is 0 Å². The van der Waals surface area contributed by atoms with Gasteiger partial charge in [0.25, 0.3) is 0 Å². The molecule has 21 heavy (non-hydrogen) atoms. The predicted octanol–water partition coefficient (Wildman–Crippen LogP) is 5.26. The molecule has 1 N–H and O–H groups in total. The second-order valence-corrected chi connectivity index (χ2v) is 5.74. The highest BCUT2D eigenvalue weighted by Crippen LogP contribution is 2.42. The third kappa shape index (κ3) is 2.67. The number of phenols is 1. The van der Waals surface area contributed by atoms with Crippen LogP contribution in [-0.4, -0.2) is 5.11 Å². The zero-order chi connectivity index (χ0) is 14.9. The predicted molar refractivity (Wildman–Crippen MR) is 80.9 cm³/mol. The van der Waals surface area contributed by atoms with Crippen LogP contribution in [0.3, 0.4) is 0 Å². The zero-order valence-corrected chi connectivity index (χ0v) is 11.8. The Morgan fingerprint density at radius 1 is 0.857 bits per heavy atom. The number of hydrogen-bond donors (Lipinski definition) is 1. The van der Waals surface area contributed by atoms with Crippen LogP contribution in [-0.2, 0) is 5.92 Å². The molecule has 0 aliphatic rings. The molecule has 0 bridgehead atoms. The standard InChI is InChI=1S/C17H12F2OS/c18-17(19,13-7-4-8-14(20)11-13)16-10-9-15(21-16)12-5-2-1-3-6-12/h1-11,20H. The Balaban J connectivity index is 1.99. The molecule has 0 atom stereocenters. The van der Waals surface area contributed by atoms with E-state index in [2.05, 4.69) is 0 Å². The highest BCUT2D eigenvalue weighted by atomic mass is 32.1. The van der Waals surface area contributed by atoms with Gasteiger partial charge in [0, 0.05) is 10.4 Å². The number of thiophene rings is 1. The SMILES string of the molecule is Oc1cccc(C(F)(F)c2ccc(-c3ccccc3)s2)c1. The van der Waals surface area contributed by atoms with Crippen molar-refractivity contribution >= 4 is 11.3 Å². The molecular formula is C17H12F2OS. The van der Waals surface area contributed by atoms with Gasteiger partial charge in [-0.3, -0.25) is 0 Å². The summed E-state index contributed by atoms with van der Waals surface area (Å²) < 4.78 is 29.0. The number of halogens is 2. The van der Waals surface area contributed by atoms with E-state index in [1.54, 1.807) is 6.07 Å². The third-order valence-corrected chi connectivity index (χ3v) is 4.39. The van der Waals surface area contributed by atoms with Gasteiger partial charge in [-0.2, -0.15) is 8.78 Å². The molecule has 2 aromatic carbocycles. The van der Waals surface area contributed by atoms with Crippen molar-refractivity contribution in [1.82, 2.24) is 0 Å². The van der Waals surface area contributed by atoms with Crippen LogP contribution in [0.25, 0.3) is 10.4 Å². The van der Waals surface area contributed by atoms with E-state index in [0.29, 0.717) is 0 Å². The summed E-state index contributed by atoms with van der Waals surface area (Å²) in [6.07, 6.45) is 0. The third-order valence-electron chi connectivity index (χ3n) is 3.18. The van der Waals surface area contributed by atoms with Crippen molar-refractivity contribution in [3.63, 3.8) is 0 Å². The molecule has 0 unspecified atom stereocenters. The fourth-order valence-electron chi connectivity index (χ4n) is 2.11. The minimum absolute atomic E-state index is 0.0352. The molecule has 1 aromatic heterocycles. The first kappa shape index (κ1) is 13.8. The lowest BCUT2D eigenvalue weighted by Crippen LogP contribution is -2.12. The van der Waals surface area contributed by atoms with E-state index in [1.165, 1.54) is 24.3 Å². The molecule has 0 fully saturated rings. The van der Waals surface area contributed by atoms with Gasteiger partial charge in [0.1, 0.15) is 5.75 Å². The Morgan fingerprint density at radius 3 is 2.33 bits per heavy atom. The molecule has 0 radical (unpaired) electrons. The van der Waals surface area contributed by atoms with Crippen molar-refractivity contribution in [3.05, 3.63) is 77.2 Å². The Hall–Kier alpha value is -2.20.